The van der Waals surface area contributed by atoms with Gasteiger partial charge >= 0.3 is 12.0 Å². The number of nitrogens with zero attached hydrogens (tertiary/aromatic N) is 1. The van der Waals surface area contributed by atoms with E-state index < -0.39 is 11.7 Å². The summed E-state index contributed by atoms with van der Waals surface area (Å²) >= 11 is 0. The van der Waals surface area contributed by atoms with Crippen LogP contribution < -0.4 is 15.2 Å². The number of aromatic nitrogens is 1. The van der Waals surface area contributed by atoms with E-state index in [-0.39, 0.29) is 5.91 Å². The highest BCUT2D eigenvalue weighted by molar-refractivity contribution is 5.92. The standard InChI is InChI=1S/C23H37N3O7/c1-23(2,3)33-22(29)25-9-6-12-31-14-16-32-15-13-30-11-5-8-24-21(28)20-17-19(18-27)7-10-26(20)4/h7,10,17-18H,5-6,8-9,11-16H2,1-4H3,(H-,24,25,28,29)/p+1. The first-order chi connectivity index (χ1) is 15.7. The van der Waals surface area contributed by atoms with Gasteiger partial charge in [0.1, 0.15) is 12.6 Å². The lowest BCUT2D eigenvalue weighted by Gasteiger charge is -2.19. The van der Waals surface area contributed by atoms with Crippen LogP contribution in [0.15, 0.2) is 18.3 Å². The minimum atomic E-state index is -0.498. The Morgan fingerprint density at radius 1 is 0.939 bits per heavy atom. The van der Waals surface area contributed by atoms with E-state index in [4.69, 9.17) is 18.9 Å². The Kier molecular flexibility index (Phi) is 13.9. The van der Waals surface area contributed by atoms with Gasteiger partial charge in [0.25, 0.3) is 5.69 Å². The van der Waals surface area contributed by atoms with Gasteiger partial charge in [0.05, 0.1) is 26.4 Å². The molecule has 2 N–H and O–H groups in total. The molecular weight excluding hydrogens is 430 g/mol. The van der Waals surface area contributed by atoms with Crippen molar-refractivity contribution in [2.45, 2.75) is 39.2 Å². The first-order valence-corrected chi connectivity index (χ1v) is 11.2. The topological polar surface area (TPSA) is 116 Å². The van der Waals surface area contributed by atoms with Crippen LogP contribution in [0.5, 0.6) is 0 Å². The summed E-state index contributed by atoms with van der Waals surface area (Å²) in [6.07, 6.45) is 3.33. The molecular formula is C23H38N3O7+. The second-order valence-corrected chi connectivity index (χ2v) is 8.30. The molecule has 0 spiro atoms. The van der Waals surface area contributed by atoms with E-state index in [2.05, 4.69) is 10.6 Å². The number of pyridine rings is 1. The van der Waals surface area contributed by atoms with Crippen LogP contribution in [0.2, 0.25) is 0 Å². The van der Waals surface area contributed by atoms with Gasteiger partial charge < -0.3 is 29.6 Å². The maximum absolute atomic E-state index is 12.2. The molecule has 10 heteroatoms. The summed E-state index contributed by atoms with van der Waals surface area (Å²) in [5, 5.41) is 5.49. The molecule has 0 atom stereocenters. The number of nitrogens with one attached hydrogen (secondary N) is 2. The van der Waals surface area contributed by atoms with Crippen molar-refractivity contribution in [3.8, 4) is 0 Å². The molecule has 0 bridgehead atoms. The molecule has 0 aliphatic rings. The Morgan fingerprint density at radius 3 is 2.03 bits per heavy atom. The number of carbonyl (C=O) groups excluding carboxylic acids is 3. The summed E-state index contributed by atoms with van der Waals surface area (Å²) in [7, 11) is 1.75. The van der Waals surface area contributed by atoms with Gasteiger partial charge in [-0.25, -0.2) is 4.79 Å². The highest BCUT2D eigenvalue weighted by atomic mass is 16.6. The van der Waals surface area contributed by atoms with Crippen molar-refractivity contribution >= 4 is 18.3 Å². The molecule has 0 saturated carbocycles. The first-order valence-electron chi connectivity index (χ1n) is 11.2. The molecule has 0 saturated heterocycles. The number of amides is 2. The first kappa shape index (κ1) is 28.5. The van der Waals surface area contributed by atoms with Crippen molar-refractivity contribution in [3.63, 3.8) is 0 Å². The van der Waals surface area contributed by atoms with Crippen LogP contribution >= 0.6 is 0 Å². The zero-order valence-electron chi connectivity index (χ0n) is 20.2. The minimum Gasteiger partial charge on any atom is -0.444 e. The number of ether oxygens (including phenoxy) is 4. The van der Waals surface area contributed by atoms with Gasteiger partial charge in [0.15, 0.2) is 12.5 Å². The fourth-order valence-electron chi connectivity index (χ4n) is 2.57. The minimum absolute atomic E-state index is 0.231. The van der Waals surface area contributed by atoms with E-state index in [1.54, 1.807) is 29.9 Å². The molecule has 10 nitrogen and oxygen atoms in total. The third-order valence-electron chi connectivity index (χ3n) is 4.17. The summed E-state index contributed by atoms with van der Waals surface area (Å²) < 4.78 is 23.2. The van der Waals surface area contributed by atoms with Crippen LogP contribution in [0.3, 0.4) is 0 Å². The highest BCUT2D eigenvalue weighted by Gasteiger charge is 2.17. The van der Waals surface area contributed by atoms with Crippen molar-refractivity contribution < 1.29 is 37.9 Å². The number of hydrogen-bond acceptors (Lipinski definition) is 7. The van der Waals surface area contributed by atoms with Gasteiger partial charge in [-0.2, -0.15) is 4.57 Å². The Morgan fingerprint density at radius 2 is 1.48 bits per heavy atom. The van der Waals surface area contributed by atoms with Gasteiger partial charge in [0, 0.05) is 44.0 Å². The van der Waals surface area contributed by atoms with E-state index >= 15 is 0 Å². The van der Waals surface area contributed by atoms with Gasteiger partial charge in [-0.05, 0) is 33.6 Å². The lowest BCUT2D eigenvalue weighted by molar-refractivity contribution is -0.673. The van der Waals surface area contributed by atoms with Crippen LogP contribution in [-0.4, -0.2) is 76.6 Å². The third-order valence-corrected chi connectivity index (χ3v) is 4.17. The maximum Gasteiger partial charge on any atom is 0.407 e. The number of hydrogen-bond donors (Lipinski definition) is 2. The Bertz CT molecular complexity index is 735. The fraction of sp³-hybridized carbons (Fsp3) is 0.652. The quantitative estimate of drug-likeness (QED) is 0.214. The fourth-order valence-corrected chi connectivity index (χ4v) is 2.57. The molecule has 0 fully saturated rings. The van der Waals surface area contributed by atoms with Crippen molar-refractivity contribution in [2.75, 3.05) is 52.7 Å². The smallest absolute Gasteiger partial charge is 0.407 e. The van der Waals surface area contributed by atoms with E-state index in [1.807, 2.05) is 20.8 Å². The van der Waals surface area contributed by atoms with Crippen molar-refractivity contribution in [1.29, 1.82) is 0 Å². The van der Waals surface area contributed by atoms with E-state index in [1.165, 1.54) is 0 Å². The lowest BCUT2D eigenvalue weighted by Crippen LogP contribution is -2.41. The predicted octanol–water partition coefficient (Wildman–Crippen LogP) is 1.41. The van der Waals surface area contributed by atoms with E-state index in [0.29, 0.717) is 83.1 Å². The van der Waals surface area contributed by atoms with Gasteiger partial charge in [-0.1, -0.05) is 0 Å². The number of aldehydes is 1. The SMILES string of the molecule is C[n+]1ccc(C=O)cc1C(=O)NCCCOCCOCCOCCCNC(=O)OC(C)(C)C. The molecule has 186 valence electrons. The van der Waals surface area contributed by atoms with Gasteiger partial charge in [0.2, 0.25) is 0 Å². The highest BCUT2D eigenvalue weighted by Crippen LogP contribution is 2.06. The Labute approximate surface area is 195 Å². The second kappa shape index (κ2) is 16.1. The summed E-state index contributed by atoms with van der Waals surface area (Å²) in [6.45, 7) is 9.32. The largest absolute Gasteiger partial charge is 0.444 e. The molecule has 0 radical (unpaired) electrons. The summed E-state index contributed by atoms with van der Waals surface area (Å²) in [6, 6.07) is 3.21. The molecule has 2 amide bonds. The van der Waals surface area contributed by atoms with E-state index in [9.17, 15) is 14.4 Å². The predicted molar refractivity (Wildman–Crippen MR) is 121 cm³/mol. The third kappa shape index (κ3) is 14.3. The maximum atomic E-state index is 12.2. The van der Waals surface area contributed by atoms with Gasteiger partial charge in [-0.15, -0.1) is 0 Å². The van der Waals surface area contributed by atoms with Gasteiger partial charge in [-0.3, -0.25) is 9.59 Å². The van der Waals surface area contributed by atoms with Crippen molar-refractivity contribution in [2.24, 2.45) is 7.05 Å². The molecule has 0 aliphatic heterocycles. The lowest BCUT2D eigenvalue weighted by atomic mass is 10.2. The van der Waals surface area contributed by atoms with E-state index in [0.717, 1.165) is 0 Å². The molecule has 0 aromatic carbocycles. The molecule has 1 rings (SSSR count). The molecule has 1 aromatic heterocycles. The van der Waals surface area contributed by atoms with Crippen LogP contribution in [0.4, 0.5) is 4.79 Å². The summed E-state index contributed by atoms with van der Waals surface area (Å²) in [4.78, 5) is 34.5. The number of aryl methyl sites for hydroxylation is 1. The average Bonchev–Trinajstić information content (AvgIpc) is 2.75. The zero-order chi connectivity index (χ0) is 24.5. The Balaban J connectivity index is 1.90. The number of alkyl carbamates (subject to hydrolysis) is 1. The summed E-state index contributed by atoms with van der Waals surface area (Å²) in [5.41, 5.74) is 0.388. The van der Waals surface area contributed by atoms with Crippen LogP contribution in [0, 0.1) is 0 Å². The monoisotopic (exact) mass is 468 g/mol. The van der Waals surface area contributed by atoms with Crippen LogP contribution in [-0.2, 0) is 26.0 Å². The molecule has 0 aliphatic carbocycles. The number of rotatable bonds is 16. The molecule has 33 heavy (non-hydrogen) atoms. The average molecular weight is 469 g/mol. The van der Waals surface area contributed by atoms with Crippen molar-refractivity contribution in [3.05, 3.63) is 29.6 Å². The second-order valence-electron chi connectivity index (χ2n) is 8.30. The van der Waals surface area contributed by atoms with Crippen LogP contribution in [0.25, 0.3) is 0 Å². The van der Waals surface area contributed by atoms with Crippen LogP contribution in [0.1, 0.15) is 54.5 Å². The number of carbonyl (C=O) groups is 3. The molecule has 0 unspecified atom stereocenters. The zero-order valence-corrected chi connectivity index (χ0v) is 20.2. The Hall–Kier alpha value is -2.56. The van der Waals surface area contributed by atoms with Crippen molar-refractivity contribution in [1.82, 2.24) is 10.6 Å². The molecule has 1 heterocycles. The summed E-state index contributed by atoms with van der Waals surface area (Å²) in [5.74, 6) is -0.231. The molecule has 1 aromatic rings. The normalized spacial score (nSPS) is 11.2.